The van der Waals surface area contributed by atoms with Crippen molar-refractivity contribution in [3.05, 3.63) is 30.1 Å². The lowest BCUT2D eigenvalue weighted by atomic mass is 10.3. The summed E-state index contributed by atoms with van der Waals surface area (Å²) in [6, 6.07) is 3.78. The van der Waals surface area contributed by atoms with Crippen LogP contribution in [0.2, 0.25) is 0 Å². The summed E-state index contributed by atoms with van der Waals surface area (Å²) in [6.07, 6.45) is 4.34. The molecule has 1 N–H and O–H groups in total. The van der Waals surface area contributed by atoms with Gasteiger partial charge in [0.2, 0.25) is 0 Å². The second-order valence-electron chi connectivity index (χ2n) is 3.77. The number of rotatable bonds is 4. The zero-order valence-corrected chi connectivity index (χ0v) is 10.3. The zero-order chi connectivity index (χ0) is 13.1. The second-order valence-corrected chi connectivity index (χ2v) is 3.77. The molecule has 0 aromatic carbocycles. The lowest BCUT2D eigenvalue weighted by Crippen LogP contribution is -1.98. The Labute approximate surface area is 104 Å². The molecule has 0 bridgehead atoms. The fraction of sp³-hybridized carbons (Fsp3) is 0.231. The van der Waals surface area contributed by atoms with Crippen LogP contribution in [-0.2, 0) is 11.3 Å². The number of pyridine rings is 1. The van der Waals surface area contributed by atoms with Gasteiger partial charge in [0.15, 0.2) is 0 Å². The molecule has 0 fully saturated rings. The second kappa shape index (κ2) is 4.91. The number of carbonyl (C=O) groups is 1. The van der Waals surface area contributed by atoms with E-state index >= 15 is 0 Å². The largest absolute Gasteiger partial charge is 0.495 e. The van der Waals surface area contributed by atoms with Crippen LogP contribution in [0.4, 0.5) is 0 Å². The van der Waals surface area contributed by atoms with Crippen molar-refractivity contribution in [2.75, 3.05) is 7.11 Å². The van der Waals surface area contributed by atoms with Crippen molar-refractivity contribution in [1.29, 1.82) is 0 Å². The smallest absolute Gasteiger partial charge is 0.328 e. The van der Waals surface area contributed by atoms with E-state index < -0.39 is 5.97 Å². The number of nitrogens with zero attached hydrogens (tertiary/aromatic N) is 2. The molecule has 94 valence electrons. The van der Waals surface area contributed by atoms with Gasteiger partial charge < -0.3 is 14.4 Å². The van der Waals surface area contributed by atoms with Gasteiger partial charge in [0, 0.05) is 23.7 Å². The molecule has 0 aliphatic carbocycles. The number of aromatic nitrogens is 2. The highest BCUT2D eigenvalue weighted by Gasteiger charge is 2.08. The number of ether oxygens (including phenoxy) is 1. The summed E-state index contributed by atoms with van der Waals surface area (Å²) in [5.41, 5.74) is 1.64. The van der Waals surface area contributed by atoms with Crippen molar-refractivity contribution in [2.45, 2.75) is 13.5 Å². The van der Waals surface area contributed by atoms with Crippen LogP contribution in [0.1, 0.15) is 12.6 Å². The van der Waals surface area contributed by atoms with Crippen LogP contribution in [0.5, 0.6) is 5.75 Å². The van der Waals surface area contributed by atoms with Gasteiger partial charge in [-0.15, -0.1) is 0 Å². The minimum atomic E-state index is -0.964. The van der Waals surface area contributed by atoms with Crippen LogP contribution in [0.15, 0.2) is 24.4 Å². The molecule has 0 atom stereocenters. The fourth-order valence-electron chi connectivity index (χ4n) is 1.88. The lowest BCUT2D eigenvalue weighted by molar-refractivity contribution is -0.131. The number of hydrogen-bond acceptors (Lipinski definition) is 3. The minimum absolute atomic E-state index is 0.685. The van der Waals surface area contributed by atoms with Crippen molar-refractivity contribution >= 4 is 23.1 Å². The quantitative estimate of drug-likeness (QED) is 0.840. The van der Waals surface area contributed by atoms with E-state index in [-0.39, 0.29) is 0 Å². The first-order valence-corrected chi connectivity index (χ1v) is 5.60. The van der Waals surface area contributed by atoms with Crippen LogP contribution >= 0.6 is 0 Å². The minimum Gasteiger partial charge on any atom is -0.495 e. The lowest BCUT2D eigenvalue weighted by Gasteiger charge is -2.03. The molecule has 2 aromatic heterocycles. The molecular weight excluding hydrogens is 232 g/mol. The SMILES string of the molecule is CCn1c(/C=C/C(=O)O)cc2cc(OC)cnc21. The molecule has 0 saturated carbocycles. The third-order valence-electron chi connectivity index (χ3n) is 2.69. The summed E-state index contributed by atoms with van der Waals surface area (Å²) in [5, 5.41) is 9.60. The molecule has 0 saturated heterocycles. The first kappa shape index (κ1) is 12.2. The third kappa shape index (κ3) is 2.20. The molecule has 0 spiro atoms. The maximum atomic E-state index is 10.6. The highest BCUT2D eigenvalue weighted by atomic mass is 16.5. The molecule has 2 heterocycles. The van der Waals surface area contributed by atoms with E-state index in [4.69, 9.17) is 9.84 Å². The monoisotopic (exact) mass is 246 g/mol. The van der Waals surface area contributed by atoms with Crippen molar-refractivity contribution in [3.8, 4) is 5.75 Å². The topological polar surface area (TPSA) is 64.4 Å². The van der Waals surface area contributed by atoms with Gasteiger partial charge in [-0.1, -0.05) is 0 Å². The maximum Gasteiger partial charge on any atom is 0.328 e. The van der Waals surface area contributed by atoms with E-state index in [1.54, 1.807) is 19.4 Å². The first-order valence-electron chi connectivity index (χ1n) is 5.60. The summed E-state index contributed by atoms with van der Waals surface area (Å²) in [4.78, 5) is 14.9. The fourth-order valence-corrected chi connectivity index (χ4v) is 1.88. The molecule has 5 heteroatoms. The summed E-state index contributed by atoms with van der Waals surface area (Å²) >= 11 is 0. The number of carboxylic acid groups (broad SMARTS) is 1. The number of aryl methyl sites for hydroxylation is 1. The average Bonchev–Trinajstić information content (AvgIpc) is 2.72. The van der Waals surface area contributed by atoms with Crippen LogP contribution in [-0.4, -0.2) is 27.7 Å². The maximum absolute atomic E-state index is 10.6. The predicted molar refractivity (Wildman–Crippen MR) is 68.6 cm³/mol. The third-order valence-corrected chi connectivity index (χ3v) is 2.69. The Kier molecular flexibility index (Phi) is 3.32. The van der Waals surface area contributed by atoms with E-state index in [1.807, 2.05) is 23.6 Å². The van der Waals surface area contributed by atoms with Crippen molar-refractivity contribution in [3.63, 3.8) is 0 Å². The van der Waals surface area contributed by atoms with Gasteiger partial charge in [-0.3, -0.25) is 0 Å². The summed E-state index contributed by atoms with van der Waals surface area (Å²) in [5.74, 6) is -0.280. The highest BCUT2D eigenvalue weighted by Crippen LogP contribution is 2.23. The van der Waals surface area contributed by atoms with Gasteiger partial charge in [0.1, 0.15) is 11.4 Å². The van der Waals surface area contributed by atoms with E-state index in [9.17, 15) is 4.79 Å². The van der Waals surface area contributed by atoms with E-state index in [0.29, 0.717) is 5.75 Å². The van der Waals surface area contributed by atoms with Crippen molar-refractivity contribution < 1.29 is 14.6 Å². The van der Waals surface area contributed by atoms with Gasteiger partial charge in [0.25, 0.3) is 0 Å². The van der Waals surface area contributed by atoms with E-state index in [0.717, 1.165) is 29.3 Å². The first-order chi connectivity index (χ1) is 8.65. The van der Waals surface area contributed by atoms with Gasteiger partial charge in [-0.05, 0) is 25.1 Å². The molecule has 0 radical (unpaired) electrons. The zero-order valence-electron chi connectivity index (χ0n) is 10.3. The van der Waals surface area contributed by atoms with Crippen LogP contribution in [0.3, 0.4) is 0 Å². The molecule has 2 rings (SSSR count). The summed E-state index contributed by atoms with van der Waals surface area (Å²) in [7, 11) is 1.59. The van der Waals surface area contributed by atoms with Crippen molar-refractivity contribution in [1.82, 2.24) is 9.55 Å². The molecular formula is C13H14N2O3. The van der Waals surface area contributed by atoms with Gasteiger partial charge in [-0.2, -0.15) is 0 Å². The molecule has 0 aliphatic heterocycles. The van der Waals surface area contributed by atoms with E-state index in [2.05, 4.69) is 4.98 Å². The van der Waals surface area contributed by atoms with Crippen molar-refractivity contribution in [2.24, 2.45) is 0 Å². The number of carboxylic acids is 1. The number of methoxy groups -OCH3 is 1. The predicted octanol–water partition coefficient (Wildman–Crippen LogP) is 2.16. The summed E-state index contributed by atoms with van der Waals surface area (Å²) < 4.78 is 7.07. The number of aliphatic carboxylic acids is 1. The number of fused-ring (bicyclic) bond motifs is 1. The standard InChI is InChI=1S/C13H14N2O3/c1-3-15-10(4-5-12(16)17)6-9-7-11(18-2)8-14-13(9)15/h4-8H,3H2,1-2H3,(H,16,17)/b5-4+. The molecule has 0 unspecified atom stereocenters. The van der Waals surface area contributed by atoms with E-state index in [1.165, 1.54) is 0 Å². The number of hydrogen-bond donors (Lipinski definition) is 1. The highest BCUT2D eigenvalue weighted by molar-refractivity contribution is 5.87. The molecule has 0 aliphatic rings. The molecule has 0 amide bonds. The van der Waals surface area contributed by atoms with Gasteiger partial charge in [-0.25, -0.2) is 9.78 Å². The van der Waals surface area contributed by atoms with Gasteiger partial charge in [0.05, 0.1) is 13.3 Å². The Balaban J connectivity index is 2.56. The van der Waals surface area contributed by atoms with Crippen LogP contribution < -0.4 is 4.74 Å². The Hall–Kier alpha value is -2.30. The Morgan fingerprint density at radius 1 is 1.56 bits per heavy atom. The normalized spacial score (nSPS) is 11.2. The Morgan fingerprint density at radius 2 is 2.33 bits per heavy atom. The van der Waals surface area contributed by atoms with Gasteiger partial charge >= 0.3 is 5.97 Å². The van der Waals surface area contributed by atoms with Crippen LogP contribution in [0, 0.1) is 0 Å². The average molecular weight is 246 g/mol. The molecule has 18 heavy (non-hydrogen) atoms. The molecule has 2 aromatic rings. The Bertz CT molecular complexity index is 614. The Morgan fingerprint density at radius 3 is 2.94 bits per heavy atom. The van der Waals surface area contributed by atoms with Crippen LogP contribution in [0.25, 0.3) is 17.1 Å². The molecule has 5 nitrogen and oxygen atoms in total. The summed E-state index contributed by atoms with van der Waals surface area (Å²) in [6.45, 7) is 2.71.